The molecule has 0 radical (unpaired) electrons. The highest BCUT2D eigenvalue weighted by atomic mass is 16.5. The number of hydrogen-bond acceptors (Lipinski definition) is 5. The predicted octanol–water partition coefficient (Wildman–Crippen LogP) is 2.49. The highest BCUT2D eigenvalue weighted by Crippen LogP contribution is 2.51. The van der Waals surface area contributed by atoms with Crippen molar-refractivity contribution in [1.29, 1.82) is 0 Å². The number of ether oxygens (including phenoxy) is 3. The van der Waals surface area contributed by atoms with Crippen molar-refractivity contribution >= 4 is 11.9 Å². The van der Waals surface area contributed by atoms with E-state index < -0.39 is 22.8 Å². The SMILES string of the molecule is CCOC1CC(NC(=O)c2cccc(OCCCOC)c2)(C(=O)O)C1(C)C. The first-order chi connectivity index (χ1) is 12.8. The van der Waals surface area contributed by atoms with Gasteiger partial charge in [-0.2, -0.15) is 0 Å². The molecule has 0 bridgehead atoms. The highest BCUT2D eigenvalue weighted by molar-refractivity contribution is 5.99. The van der Waals surface area contributed by atoms with Gasteiger partial charge in [0.25, 0.3) is 5.91 Å². The van der Waals surface area contributed by atoms with Gasteiger partial charge in [-0.25, -0.2) is 4.79 Å². The summed E-state index contributed by atoms with van der Waals surface area (Å²) in [6, 6.07) is 6.72. The van der Waals surface area contributed by atoms with Crippen LogP contribution in [0, 0.1) is 5.41 Å². The fourth-order valence-corrected chi connectivity index (χ4v) is 3.42. The molecule has 0 heterocycles. The van der Waals surface area contributed by atoms with Crippen molar-refractivity contribution in [3.05, 3.63) is 29.8 Å². The Labute approximate surface area is 160 Å². The van der Waals surface area contributed by atoms with Gasteiger partial charge < -0.3 is 24.6 Å². The Kier molecular flexibility index (Phi) is 6.84. The number of aliphatic carboxylic acids is 1. The number of carboxylic acid groups (broad SMARTS) is 1. The van der Waals surface area contributed by atoms with Crippen LogP contribution in [0.2, 0.25) is 0 Å². The molecule has 2 rings (SSSR count). The summed E-state index contributed by atoms with van der Waals surface area (Å²) in [5.41, 5.74) is -1.73. The second kappa shape index (κ2) is 8.71. The molecule has 1 aromatic rings. The van der Waals surface area contributed by atoms with Crippen molar-refractivity contribution in [2.24, 2.45) is 5.41 Å². The van der Waals surface area contributed by atoms with Gasteiger partial charge in [-0.3, -0.25) is 4.79 Å². The fourth-order valence-electron chi connectivity index (χ4n) is 3.42. The van der Waals surface area contributed by atoms with Crippen LogP contribution >= 0.6 is 0 Å². The molecule has 0 spiro atoms. The van der Waals surface area contributed by atoms with E-state index in [1.807, 2.05) is 6.92 Å². The zero-order valence-corrected chi connectivity index (χ0v) is 16.4. The first kappa shape index (κ1) is 21.2. The highest BCUT2D eigenvalue weighted by Gasteiger charge is 2.66. The normalized spacial score (nSPS) is 23.3. The maximum Gasteiger partial charge on any atom is 0.330 e. The van der Waals surface area contributed by atoms with E-state index in [9.17, 15) is 14.7 Å². The summed E-state index contributed by atoms with van der Waals surface area (Å²) in [4.78, 5) is 24.7. The Morgan fingerprint density at radius 3 is 2.63 bits per heavy atom. The first-order valence-corrected chi connectivity index (χ1v) is 9.17. The molecule has 2 unspecified atom stereocenters. The summed E-state index contributed by atoms with van der Waals surface area (Å²) in [6.45, 7) is 7.05. The molecule has 1 aliphatic carbocycles. The van der Waals surface area contributed by atoms with Crippen LogP contribution in [0.25, 0.3) is 0 Å². The van der Waals surface area contributed by atoms with Crippen LogP contribution in [-0.2, 0) is 14.3 Å². The number of benzene rings is 1. The van der Waals surface area contributed by atoms with Gasteiger partial charge in [0, 0.05) is 44.1 Å². The molecular weight excluding hydrogens is 350 g/mol. The monoisotopic (exact) mass is 379 g/mol. The average Bonchev–Trinajstić information content (AvgIpc) is 2.64. The number of rotatable bonds is 10. The summed E-state index contributed by atoms with van der Waals surface area (Å²) in [6.07, 6.45) is 0.763. The molecule has 1 aromatic carbocycles. The van der Waals surface area contributed by atoms with Gasteiger partial charge in [-0.15, -0.1) is 0 Å². The minimum absolute atomic E-state index is 0.214. The first-order valence-electron chi connectivity index (χ1n) is 9.17. The van der Waals surface area contributed by atoms with E-state index in [0.29, 0.717) is 31.1 Å². The van der Waals surface area contributed by atoms with Crippen LogP contribution in [0.15, 0.2) is 24.3 Å². The minimum Gasteiger partial charge on any atom is -0.493 e. The van der Waals surface area contributed by atoms with Gasteiger partial charge in [0.1, 0.15) is 11.3 Å². The van der Waals surface area contributed by atoms with Gasteiger partial charge in [-0.1, -0.05) is 19.9 Å². The molecule has 27 heavy (non-hydrogen) atoms. The summed E-state index contributed by atoms with van der Waals surface area (Å²) in [7, 11) is 1.63. The van der Waals surface area contributed by atoms with Crippen molar-refractivity contribution in [3.8, 4) is 5.75 Å². The minimum atomic E-state index is -1.36. The molecule has 0 aliphatic heterocycles. The standard InChI is InChI=1S/C20H29NO6/c1-5-26-16-13-20(18(23)24,19(16,2)3)21-17(22)14-8-6-9-15(12-14)27-11-7-10-25-4/h6,8-9,12,16H,5,7,10-11,13H2,1-4H3,(H,21,22)(H,23,24). The van der Waals surface area contributed by atoms with E-state index in [4.69, 9.17) is 14.2 Å². The third kappa shape index (κ3) is 4.25. The third-order valence-corrected chi connectivity index (χ3v) is 5.31. The van der Waals surface area contributed by atoms with Crippen molar-refractivity contribution in [1.82, 2.24) is 5.32 Å². The predicted molar refractivity (Wildman–Crippen MR) is 100 cm³/mol. The molecular formula is C20H29NO6. The molecule has 7 heteroatoms. The average molecular weight is 379 g/mol. The quantitative estimate of drug-likeness (QED) is 0.607. The second-order valence-corrected chi connectivity index (χ2v) is 7.26. The van der Waals surface area contributed by atoms with E-state index in [2.05, 4.69) is 5.32 Å². The molecule has 2 N–H and O–H groups in total. The Morgan fingerprint density at radius 2 is 2.04 bits per heavy atom. The van der Waals surface area contributed by atoms with Crippen molar-refractivity contribution in [2.75, 3.05) is 26.9 Å². The Bertz CT molecular complexity index is 674. The summed E-state index contributed by atoms with van der Waals surface area (Å²) >= 11 is 0. The molecule has 1 aliphatic rings. The van der Waals surface area contributed by atoms with Crippen LogP contribution in [0.4, 0.5) is 0 Å². The number of hydrogen-bond donors (Lipinski definition) is 2. The number of methoxy groups -OCH3 is 1. The van der Waals surface area contributed by atoms with Gasteiger partial charge in [0.05, 0.1) is 12.7 Å². The number of carboxylic acids is 1. The molecule has 1 saturated carbocycles. The van der Waals surface area contributed by atoms with E-state index >= 15 is 0 Å². The van der Waals surface area contributed by atoms with Crippen molar-refractivity contribution in [2.45, 2.75) is 45.3 Å². The Balaban J connectivity index is 2.10. The van der Waals surface area contributed by atoms with Gasteiger partial charge in [-0.05, 0) is 25.1 Å². The smallest absolute Gasteiger partial charge is 0.330 e. The maximum absolute atomic E-state index is 12.7. The number of carbonyl (C=O) groups excluding carboxylic acids is 1. The lowest BCUT2D eigenvalue weighted by Crippen LogP contribution is -2.76. The molecule has 150 valence electrons. The topological polar surface area (TPSA) is 94.1 Å². The number of amides is 1. The number of nitrogens with one attached hydrogen (secondary N) is 1. The van der Waals surface area contributed by atoms with Crippen molar-refractivity contribution < 1.29 is 28.9 Å². The van der Waals surface area contributed by atoms with Crippen LogP contribution < -0.4 is 10.1 Å². The zero-order valence-electron chi connectivity index (χ0n) is 16.4. The third-order valence-electron chi connectivity index (χ3n) is 5.31. The molecule has 0 aromatic heterocycles. The fraction of sp³-hybridized carbons (Fsp3) is 0.600. The second-order valence-electron chi connectivity index (χ2n) is 7.26. The van der Waals surface area contributed by atoms with E-state index in [0.717, 1.165) is 6.42 Å². The molecule has 1 amide bonds. The molecule has 1 fully saturated rings. The lowest BCUT2D eigenvalue weighted by molar-refractivity contribution is -0.190. The molecule has 2 atom stereocenters. The van der Waals surface area contributed by atoms with Gasteiger partial charge in [0.15, 0.2) is 0 Å². The van der Waals surface area contributed by atoms with Crippen LogP contribution in [0.3, 0.4) is 0 Å². The number of carbonyl (C=O) groups is 2. The van der Waals surface area contributed by atoms with E-state index in [-0.39, 0.29) is 12.5 Å². The van der Waals surface area contributed by atoms with Gasteiger partial charge in [0.2, 0.25) is 0 Å². The zero-order chi connectivity index (χ0) is 20.1. The van der Waals surface area contributed by atoms with Crippen LogP contribution in [0.1, 0.15) is 44.0 Å². The maximum atomic E-state index is 12.7. The lowest BCUT2D eigenvalue weighted by Gasteiger charge is -2.58. The summed E-state index contributed by atoms with van der Waals surface area (Å²) in [5.74, 6) is -0.935. The Hall–Kier alpha value is -2.12. The molecule has 7 nitrogen and oxygen atoms in total. The van der Waals surface area contributed by atoms with Gasteiger partial charge >= 0.3 is 5.97 Å². The largest absolute Gasteiger partial charge is 0.493 e. The molecule has 0 saturated heterocycles. The van der Waals surface area contributed by atoms with E-state index in [1.165, 1.54) is 0 Å². The summed E-state index contributed by atoms with van der Waals surface area (Å²) < 4.78 is 16.2. The van der Waals surface area contributed by atoms with Crippen LogP contribution in [0.5, 0.6) is 5.75 Å². The van der Waals surface area contributed by atoms with Crippen molar-refractivity contribution in [3.63, 3.8) is 0 Å². The lowest BCUT2D eigenvalue weighted by atomic mass is 9.54. The Morgan fingerprint density at radius 1 is 1.30 bits per heavy atom. The summed E-state index contributed by atoms with van der Waals surface area (Å²) in [5, 5.41) is 12.5. The van der Waals surface area contributed by atoms with E-state index in [1.54, 1.807) is 45.2 Å². The van der Waals surface area contributed by atoms with Crippen LogP contribution in [-0.4, -0.2) is 55.6 Å².